The Morgan fingerprint density at radius 2 is 2.07 bits per heavy atom. The normalized spacial score (nSPS) is 17.1. The first-order valence-corrected chi connectivity index (χ1v) is 6.45. The first-order chi connectivity index (χ1) is 7.00. The molecule has 3 atom stereocenters. The van der Waals surface area contributed by atoms with Gasteiger partial charge in [-0.25, -0.2) is 0 Å². The van der Waals surface area contributed by atoms with Gasteiger partial charge >= 0.3 is 0 Å². The molecule has 0 heterocycles. The second kappa shape index (κ2) is 5.42. The van der Waals surface area contributed by atoms with Crippen molar-refractivity contribution < 1.29 is 4.21 Å². The summed E-state index contributed by atoms with van der Waals surface area (Å²) in [6.45, 7) is 5.95. The van der Waals surface area contributed by atoms with E-state index in [1.165, 1.54) is 0 Å². The summed E-state index contributed by atoms with van der Waals surface area (Å²) in [5.41, 5.74) is 6.85. The van der Waals surface area contributed by atoms with Crippen molar-refractivity contribution in [3.8, 4) is 0 Å². The van der Waals surface area contributed by atoms with Crippen molar-refractivity contribution in [1.29, 1.82) is 0 Å². The molecule has 0 saturated heterocycles. The molecule has 0 bridgehead atoms. The Balaban J connectivity index is 2.76. The molecule has 1 aromatic rings. The van der Waals surface area contributed by atoms with Gasteiger partial charge in [-0.1, -0.05) is 19.1 Å². The van der Waals surface area contributed by atoms with Crippen molar-refractivity contribution in [3.05, 3.63) is 29.8 Å². The lowest BCUT2D eigenvalue weighted by Gasteiger charge is -2.13. The molecule has 84 valence electrons. The Kier molecular flexibility index (Phi) is 4.48. The fourth-order valence-corrected chi connectivity index (χ4v) is 3.04. The molecule has 0 fully saturated rings. The number of aryl methyl sites for hydroxylation is 1. The van der Waals surface area contributed by atoms with E-state index in [4.69, 9.17) is 5.73 Å². The van der Waals surface area contributed by atoms with Gasteiger partial charge in [0.15, 0.2) is 0 Å². The standard InChI is InChI=1S/C12H19NOS/c1-9-5-4-6-12(7-9)15(14)11(3)8-10(2)13/h4-7,10-11H,8,13H2,1-3H3. The zero-order valence-electron chi connectivity index (χ0n) is 9.57. The highest BCUT2D eigenvalue weighted by molar-refractivity contribution is 7.85. The van der Waals surface area contributed by atoms with Crippen LogP contribution in [0.15, 0.2) is 29.2 Å². The Morgan fingerprint density at radius 1 is 1.40 bits per heavy atom. The van der Waals surface area contributed by atoms with E-state index in [0.717, 1.165) is 16.9 Å². The topological polar surface area (TPSA) is 43.1 Å². The summed E-state index contributed by atoms with van der Waals surface area (Å²) in [6, 6.07) is 7.96. The van der Waals surface area contributed by atoms with Crippen LogP contribution < -0.4 is 5.73 Å². The lowest BCUT2D eigenvalue weighted by molar-refractivity contribution is 0.628. The smallest absolute Gasteiger partial charge is 0.0558 e. The molecule has 2 N–H and O–H groups in total. The molecule has 0 aliphatic heterocycles. The molecule has 1 aromatic carbocycles. The average molecular weight is 225 g/mol. The minimum atomic E-state index is -0.939. The summed E-state index contributed by atoms with van der Waals surface area (Å²) in [5.74, 6) is 0. The minimum absolute atomic E-state index is 0.105. The van der Waals surface area contributed by atoms with E-state index in [2.05, 4.69) is 0 Å². The maximum atomic E-state index is 12.1. The number of benzene rings is 1. The van der Waals surface area contributed by atoms with E-state index in [9.17, 15) is 4.21 Å². The third-order valence-electron chi connectivity index (χ3n) is 2.29. The highest BCUT2D eigenvalue weighted by Gasteiger charge is 2.14. The lowest BCUT2D eigenvalue weighted by atomic mass is 10.2. The summed E-state index contributed by atoms with van der Waals surface area (Å²) >= 11 is 0. The average Bonchev–Trinajstić information content (AvgIpc) is 2.15. The minimum Gasteiger partial charge on any atom is -0.328 e. The molecule has 3 heteroatoms. The van der Waals surface area contributed by atoms with Gasteiger partial charge in [0.2, 0.25) is 0 Å². The summed E-state index contributed by atoms with van der Waals surface area (Å²) in [4.78, 5) is 0.906. The van der Waals surface area contributed by atoms with E-state index in [1.54, 1.807) is 0 Å². The van der Waals surface area contributed by atoms with E-state index < -0.39 is 10.8 Å². The summed E-state index contributed by atoms with van der Waals surface area (Å²) in [6.07, 6.45) is 0.792. The Labute approximate surface area is 94.3 Å². The second-order valence-corrected chi connectivity index (χ2v) is 6.01. The largest absolute Gasteiger partial charge is 0.328 e. The van der Waals surface area contributed by atoms with Crippen molar-refractivity contribution in [1.82, 2.24) is 0 Å². The van der Waals surface area contributed by atoms with Crippen LogP contribution in [0.2, 0.25) is 0 Å². The van der Waals surface area contributed by atoms with Crippen LogP contribution in [-0.2, 0) is 10.8 Å². The van der Waals surface area contributed by atoms with Gasteiger partial charge in [0, 0.05) is 16.2 Å². The zero-order valence-corrected chi connectivity index (χ0v) is 10.4. The van der Waals surface area contributed by atoms with Crippen molar-refractivity contribution in [3.63, 3.8) is 0 Å². The molecular formula is C12H19NOS. The highest BCUT2D eigenvalue weighted by atomic mass is 32.2. The van der Waals surface area contributed by atoms with Gasteiger partial charge in [0.05, 0.1) is 10.8 Å². The van der Waals surface area contributed by atoms with Gasteiger partial charge in [0.1, 0.15) is 0 Å². The molecule has 0 aromatic heterocycles. The summed E-state index contributed by atoms with van der Waals surface area (Å²) in [5, 5.41) is 0.117. The van der Waals surface area contributed by atoms with Gasteiger partial charge in [-0.05, 0) is 38.0 Å². The maximum Gasteiger partial charge on any atom is 0.0558 e. The first-order valence-electron chi connectivity index (χ1n) is 5.23. The highest BCUT2D eigenvalue weighted by Crippen LogP contribution is 2.15. The van der Waals surface area contributed by atoms with E-state index in [-0.39, 0.29) is 11.3 Å². The third-order valence-corrected chi connectivity index (χ3v) is 3.93. The fourth-order valence-electron chi connectivity index (χ4n) is 1.58. The molecular weight excluding hydrogens is 206 g/mol. The van der Waals surface area contributed by atoms with Gasteiger partial charge in [-0.15, -0.1) is 0 Å². The van der Waals surface area contributed by atoms with Crippen LogP contribution in [-0.4, -0.2) is 15.5 Å². The molecule has 1 rings (SSSR count). The van der Waals surface area contributed by atoms with Gasteiger partial charge < -0.3 is 5.73 Å². The van der Waals surface area contributed by atoms with Gasteiger partial charge in [-0.2, -0.15) is 0 Å². The maximum absolute atomic E-state index is 12.1. The van der Waals surface area contributed by atoms with Crippen LogP contribution in [0.4, 0.5) is 0 Å². The zero-order chi connectivity index (χ0) is 11.4. The molecule has 0 amide bonds. The molecule has 0 aliphatic carbocycles. The fraction of sp³-hybridized carbons (Fsp3) is 0.500. The third kappa shape index (κ3) is 3.76. The van der Waals surface area contributed by atoms with Crippen LogP contribution in [0.3, 0.4) is 0 Å². The number of nitrogens with two attached hydrogens (primary N) is 1. The lowest BCUT2D eigenvalue weighted by Crippen LogP contribution is -2.24. The van der Waals surface area contributed by atoms with Crippen molar-refractivity contribution >= 4 is 10.8 Å². The number of hydrogen-bond donors (Lipinski definition) is 1. The predicted octanol–water partition coefficient (Wildman–Crippen LogP) is 2.23. The Bertz CT molecular complexity index is 349. The van der Waals surface area contributed by atoms with Crippen LogP contribution in [0.1, 0.15) is 25.8 Å². The van der Waals surface area contributed by atoms with Crippen LogP contribution in [0.5, 0.6) is 0 Å². The number of rotatable bonds is 4. The number of hydrogen-bond acceptors (Lipinski definition) is 2. The van der Waals surface area contributed by atoms with Crippen LogP contribution in [0, 0.1) is 6.92 Å². The predicted molar refractivity (Wildman–Crippen MR) is 65.3 cm³/mol. The summed E-state index contributed by atoms with van der Waals surface area (Å²) in [7, 11) is -0.939. The first kappa shape index (κ1) is 12.4. The molecule has 3 unspecified atom stereocenters. The van der Waals surface area contributed by atoms with Gasteiger partial charge in [-0.3, -0.25) is 4.21 Å². The van der Waals surface area contributed by atoms with Crippen LogP contribution >= 0.6 is 0 Å². The summed E-state index contributed by atoms with van der Waals surface area (Å²) < 4.78 is 12.1. The quantitative estimate of drug-likeness (QED) is 0.854. The van der Waals surface area contributed by atoms with Crippen LogP contribution in [0.25, 0.3) is 0 Å². The van der Waals surface area contributed by atoms with E-state index >= 15 is 0 Å². The van der Waals surface area contributed by atoms with Crippen molar-refractivity contribution in [2.45, 2.75) is 43.4 Å². The SMILES string of the molecule is Cc1cccc(S(=O)C(C)CC(C)N)c1. The van der Waals surface area contributed by atoms with E-state index in [1.807, 2.05) is 45.0 Å². The van der Waals surface area contributed by atoms with E-state index in [0.29, 0.717) is 0 Å². The monoisotopic (exact) mass is 225 g/mol. The van der Waals surface area contributed by atoms with Crippen molar-refractivity contribution in [2.75, 3.05) is 0 Å². The van der Waals surface area contributed by atoms with Crippen molar-refractivity contribution in [2.24, 2.45) is 5.73 Å². The molecule has 0 spiro atoms. The second-order valence-electron chi connectivity index (χ2n) is 4.14. The van der Waals surface area contributed by atoms with Gasteiger partial charge in [0.25, 0.3) is 0 Å². The molecule has 15 heavy (non-hydrogen) atoms. The molecule has 0 aliphatic rings. The Hall–Kier alpha value is -0.670. The molecule has 0 saturated carbocycles. The molecule has 2 nitrogen and oxygen atoms in total. The Morgan fingerprint density at radius 3 is 2.60 bits per heavy atom. The molecule has 0 radical (unpaired) electrons.